The van der Waals surface area contributed by atoms with Crippen molar-refractivity contribution in [1.82, 2.24) is 0 Å². The topological polar surface area (TPSA) is 47.9 Å². The minimum Gasteiger partial charge on any atom is -0.394 e. The minimum absolute atomic E-state index is 0.0336. The molecule has 0 fully saturated rings. The molecule has 7 heteroatoms. The van der Waals surface area contributed by atoms with Crippen LogP contribution in [0.1, 0.15) is 0 Å². The maximum Gasteiger partial charge on any atom is 0.225 e. The van der Waals surface area contributed by atoms with Gasteiger partial charge in [0.1, 0.15) is 0 Å². The van der Waals surface area contributed by atoms with Crippen molar-refractivity contribution in [1.29, 1.82) is 0 Å². The quantitative estimate of drug-likeness (QED) is 0.500. The second kappa shape index (κ2) is 10.9. The SMILES string of the molecule is OCCOCCOCCOP(Cl)Cl. The maximum atomic E-state index is 8.36. The van der Waals surface area contributed by atoms with Crippen LogP contribution in [-0.2, 0) is 14.0 Å². The van der Waals surface area contributed by atoms with Gasteiger partial charge in [0.05, 0.1) is 39.6 Å². The van der Waals surface area contributed by atoms with Gasteiger partial charge in [0, 0.05) is 0 Å². The number of aliphatic hydroxyl groups is 1. The van der Waals surface area contributed by atoms with Crippen molar-refractivity contribution in [3.05, 3.63) is 0 Å². The molecule has 0 aliphatic carbocycles. The van der Waals surface area contributed by atoms with Crippen LogP contribution in [0.2, 0.25) is 0 Å². The van der Waals surface area contributed by atoms with Crippen LogP contribution in [0.4, 0.5) is 0 Å². The van der Waals surface area contributed by atoms with E-state index < -0.39 is 6.85 Å². The Kier molecular flexibility index (Phi) is 11.6. The third-order valence-corrected chi connectivity index (χ3v) is 1.99. The molecule has 13 heavy (non-hydrogen) atoms. The number of hydrogen-bond acceptors (Lipinski definition) is 4. The van der Waals surface area contributed by atoms with Crippen LogP contribution in [-0.4, -0.2) is 44.7 Å². The Morgan fingerprint density at radius 2 is 1.46 bits per heavy atom. The molecular weight excluding hydrogens is 238 g/mol. The normalized spacial score (nSPS) is 11.1. The third kappa shape index (κ3) is 12.8. The van der Waals surface area contributed by atoms with E-state index in [9.17, 15) is 0 Å². The second-order valence-electron chi connectivity index (χ2n) is 1.98. The molecule has 4 nitrogen and oxygen atoms in total. The highest BCUT2D eigenvalue weighted by Gasteiger charge is 1.97. The lowest BCUT2D eigenvalue weighted by Gasteiger charge is -2.05. The van der Waals surface area contributed by atoms with E-state index in [1.54, 1.807) is 0 Å². The highest BCUT2D eigenvalue weighted by Crippen LogP contribution is 2.47. The van der Waals surface area contributed by atoms with Crippen LogP contribution in [0.5, 0.6) is 0 Å². The van der Waals surface area contributed by atoms with Crippen molar-refractivity contribution in [2.45, 2.75) is 0 Å². The molecule has 0 atom stereocenters. The highest BCUT2D eigenvalue weighted by molar-refractivity contribution is 8.00. The van der Waals surface area contributed by atoms with E-state index in [4.69, 9.17) is 41.6 Å². The summed E-state index contributed by atoms with van der Waals surface area (Å²) in [5, 5.41) is 8.36. The Morgan fingerprint density at radius 3 is 2.00 bits per heavy atom. The summed E-state index contributed by atoms with van der Waals surface area (Å²) in [4.78, 5) is 0. The first-order valence-corrected chi connectivity index (χ1v) is 6.85. The summed E-state index contributed by atoms with van der Waals surface area (Å²) >= 11 is 10.7. The summed E-state index contributed by atoms with van der Waals surface area (Å²) in [6.45, 7) is 0.825. The number of halogens is 2. The van der Waals surface area contributed by atoms with Gasteiger partial charge in [0.15, 0.2) is 0 Å². The first kappa shape index (κ1) is 13.8. The molecule has 1 N–H and O–H groups in total. The third-order valence-electron chi connectivity index (χ3n) is 1.02. The number of rotatable bonds is 9. The van der Waals surface area contributed by atoms with Gasteiger partial charge in [-0.05, 0) is 22.5 Å². The van der Waals surface area contributed by atoms with E-state index in [2.05, 4.69) is 0 Å². The van der Waals surface area contributed by atoms with Crippen molar-refractivity contribution in [3.63, 3.8) is 0 Å². The molecule has 0 radical (unpaired) electrons. The first-order chi connectivity index (χ1) is 6.27. The van der Waals surface area contributed by atoms with E-state index in [-0.39, 0.29) is 6.61 Å². The summed E-state index contributed by atoms with van der Waals surface area (Å²) in [6, 6.07) is 0. The zero-order chi connectivity index (χ0) is 9.94. The van der Waals surface area contributed by atoms with Gasteiger partial charge in [-0.2, -0.15) is 0 Å². The Morgan fingerprint density at radius 1 is 0.923 bits per heavy atom. The first-order valence-electron chi connectivity index (χ1n) is 3.78. The Balaban J connectivity index is 2.84. The smallest absolute Gasteiger partial charge is 0.225 e. The highest BCUT2D eigenvalue weighted by atomic mass is 35.9. The molecule has 0 heterocycles. The largest absolute Gasteiger partial charge is 0.394 e. The molecule has 0 unspecified atom stereocenters. The predicted octanol–water partition coefficient (Wildman–Crippen LogP) is 1.73. The molecule has 0 bridgehead atoms. The number of ether oxygens (including phenoxy) is 2. The summed E-state index contributed by atoms with van der Waals surface area (Å²) in [6.07, 6.45) is 0. The second-order valence-corrected chi connectivity index (χ2v) is 5.01. The van der Waals surface area contributed by atoms with E-state index in [1.807, 2.05) is 0 Å². The molecule has 0 saturated heterocycles. The van der Waals surface area contributed by atoms with E-state index in [1.165, 1.54) is 0 Å². The van der Waals surface area contributed by atoms with Gasteiger partial charge < -0.3 is 19.1 Å². The average molecular weight is 251 g/mol. The van der Waals surface area contributed by atoms with Crippen molar-refractivity contribution >= 4 is 29.3 Å². The van der Waals surface area contributed by atoms with Gasteiger partial charge in [-0.15, -0.1) is 0 Å². The predicted molar refractivity (Wildman–Crippen MR) is 53.3 cm³/mol. The van der Waals surface area contributed by atoms with Crippen LogP contribution in [0.15, 0.2) is 0 Å². The number of aliphatic hydroxyl groups excluding tert-OH is 1. The maximum absolute atomic E-state index is 8.36. The fraction of sp³-hybridized carbons (Fsp3) is 1.00. The molecule has 0 rings (SSSR count). The summed E-state index contributed by atoms with van der Waals surface area (Å²) < 4.78 is 14.9. The standard InChI is InChI=1S/C6H13Cl2O4P/c7-13(8)12-6-5-11-4-3-10-2-1-9/h9H,1-6H2. The molecule has 0 aromatic heterocycles. The molecule has 0 saturated carbocycles. The van der Waals surface area contributed by atoms with E-state index in [0.29, 0.717) is 33.0 Å². The zero-order valence-electron chi connectivity index (χ0n) is 7.12. The fourth-order valence-electron chi connectivity index (χ4n) is 0.552. The van der Waals surface area contributed by atoms with Crippen molar-refractivity contribution < 1.29 is 19.1 Å². The average Bonchev–Trinajstić information content (AvgIpc) is 2.09. The fourth-order valence-corrected chi connectivity index (χ4v) is 1.18. The van der Waals surface area contributed by atoms with Gasteiger partial charge >= 0.3 is 0 Å². The van der Waals surface area contributed by atoms with Crippen LogP contribution in [0.25, 0.3) is 0 Å². The molecule has 0 amide bonds. The molecule has 0 aliphatic rings. The van der Waals surface area contributed by atoms with Crippen molar-refractivity contribution in [2.75, 3.05) is 39.6 Å². The van der Waals surface area contributed by atoms with Crippen LogP contribution in [0, 0.1) is 0 Å². The summed E-state index contributed by atoms with van der Waals surface area (Å²) in [7, 11) is 0. The minimum atomic E-state index is -1.33. The monoisotopic (exact) mass is 250 g/mol. The van der Waals surface area contributed by atoms with Crippen LogP contribution < -0.4 is 0 Å². The molecule has 0 spiro atoms. The zero-order valence-corrected chi connectivity index (χ0v) is 9.52. The van der Waals surface area contributed by atoms with Crippen LogP contribution >= 0.6 is 29.3 Å². The molecular formula is C6H13Cl2O4P. The molecule has 0 aromatic carbocycles. The van der Waals surface area contributed by atoms with E-state index >= 15 is 0 Å². The van der Waals surface area contributed by atoms with Gasteiger partial charge in [-0.3, -0.25) is 0 Å². The van der Waals surface area contributed by atoms with Gasteiger partial charge in [-0.1, -0.05) is 0 Å². The van der Waals surface area contributed by atoms with Crippen molar-refractivity contribution in [2.24, 2.45) is 0 Å². The lowest BCUT2D eigenvalue weighted by atomic mass is 10.7. The van der Waals surface area contributed by atoms with Gasteiger partial charge in [0.25, 0.3) is 0 Å². The van der Waals surface area contributed by atoms with Gasteiger partial charge in [0.2, 0.25) is 6.85 Å². The Bertz CT molecular complexity index is 107. The summed E-state index contributed by atoms with van der Waals surface area (Å²) in [5.74, 6) is 0. The van der Waals surface area contributed by atoms with Gasteiger partial charge in [-0.25, -0.2) is 0 Å². The van der Waals surface area contributed by atoms with E-state index in [0.717, 1.165) is 0 Å². The molecule has 0 aromatic rings. The lowest BCUT2D eigenvalue weighted by Crippen LogP contribution is -2.09. The lowest BCUT2D eigenvalue weighted by molar-refractivity contribution is 0.0260. The van der Waals surface area contributed by atoms with Crippen LogP contribution in [0.3, 0.4) is 0 Å². The Labute approximate surface area is 88.5 Å². The Hall–Kier alpha value is 0.850. The molecule has 0 aliphatic heterocycles. The summed E-state index contributed by atoms with van der Waals surface area (Å²) in [5.41, 5.74) is 0. The number of hydrogen-bond donors (Lipinski definition) is 1. The van der Waals surface area contributed by atoms with Crippen molar-refractivity contribution in [3.8, 4) is 0 Å². The molecule has 80 valence electrons.